The predicted molar refractivity (Wildman–Crippen MR) is 59.5 cm³/mol. The lowest BCUT2D eigenvalue weighted by atomic mass is 9.80. The first-order valence-corrected chi connectivity index (χ1v) is 5.00. The fourth-order valence-corrected chi connectivity index (χ4v) is 1.51. The molecule has 0 radical (unpaired) electrons. The molecule has 1 rings (SSSR count). The van der Waals surface area contributed by atoms with E-state index in [4.69, 9.17) is 21.2 Å². The second-order valence-electron chi connectivity index (χ2n) is 2.77. The van der Waals surface area contributed by atoms with Gasteiger partial charge in [0.1, 0.15) is 0 Å². The maximum Gasteiger partial charge on any atom is 0.488 e. The third-order valence-electron chi connectivity index (χ3n) is 1.64. The Hall–Kier alpha value is -0.975. The highest BCUT2D eigenvalue weighted by Gasteiger charge is 2.10. The molecule has 0 saturated carbocycles. The monoisotopic (exact) mass is 210 g/mol. The Kier molecular flexibility index (Phi) is 4.00. The van der Waals surface area contributed by atoms with Crippen LogP contribution in [0.3, 0.4) is 0 Å². The van der Waals surface area contributed by atoms with Gasteiger partial charge in [-0.1, -0.05) is 36.0 Å². The molecule has 0 amide bonds. The molecular formula is C8H11BN2O2S. The van der Waals surface area contributed by atoms with Gasteiger partial charge in [-0.15, -0.1) is 0 Å². The number of amidine groups is 1. The number of thioether (sulfide) groups is 1. The third-order valence-corrected chi connectivity index (χ3v) is 2.43. The van der Waals surface area contributed by atoms with Crippen LogP contribution in [0.15, 0.2) is 24.3 Å². The van der Waals surface area contributed by atoms with Crippen molar-refractivity contribution in [3.8, 4) is 0 Å². The topological polar surface area (TPSA) is 90.3 Å². The van der Waals surface area contributed by atoms with Gasteiger partial charge in [0.25, 0.3) is 0 Å². The van der Waals surface area contributed by atoms with Gasteiger partial charge in [-0.05, 0) is 11.0 Å². The van der Waals surface area contributed by atoms with E-state index in [1.54, 1.807) is 18.2 Å². The molecule has 0 aliphatic carbocycles. The Bertz CT molecular complexity index is 333. The predicted octanol–water partition coefficient (Wildman–Crippen LogP) is -0.507. The lowest BCUT2D eigenvalue weighted by Gasteiger charge is -2.03. The zero-order chi connectivity index (χ0) is 10.6. The van der Waals surface area contributed by atoms with E-state index in [1.165, 1.54) is 11.8 Å². The van der Waals surface area contributed by atoms with Crippen LogP contribution in [0.5, 0.6) is 0 Å². The van der Waals surface area contributed by atoms with Crippen LogP contribution in [0.4, 0.5) is 0 Å². The van der Waals surface area contributed by atoms with Crippen LogP contribution >= 0.6 is 11.8 Å². The van der Waals surface area contributed by atoms with Crippen LogP contribution in [0, 0.1) is 5.41 Å². The highest BCUT2D eigenvalue weighted by molar-refractivity contribution is 8.13. The van der Waals surface area contributed by atoms with Crippen molar-refractivity contribution in [1.82, 2.24) is 0 Å². The number of rotatable bonds is 3. The summed E-state index contributed by atoms with van der Waals surface area (Å²) in [5, 5.41) is 24.9. The lowest BCUT2D eigenvalue weighted by molar-refractivity contribution is 0.425. The molecule has 0 aliphatic heterocycles. The van der Waals surface area contributed by atoms with Crippen molar-refractivity contribution in [1.29, 1.82) is 5.41 Å². The first-order chi connectivity index (χ1) is 6.59. The Morgan fingerprint density at radius 3 is 2.79 bits per heavy atom. The van der Waals surface area contributed by atoms with Gasteiger partial charge >= 0.3 is 7.12 Å². The van der Waals surface area contributed by atoms with E-state index < -0.39 is 7.12 Å². The largest absolute Gasteiger partial charge is 0.488 e. The zero-order valence-corrected chi connectivity index (χ0v) is 8.29. The van der Waals surface area contributed by atoms with Gasteiger partial charge in [-0.3, -0.25) is 5.41 Å². The molecule has 0 fully saturated rings. The second-order valence-corrected chi connectivity index (χ2v) is 3.79. The van der Waals surface area contributed by atoms with Gasteiger partial charge in [0.15, 0.2) is 5.17 Å². The van der Waals surface area contributed by atoms with Crippen molar-refractivity contribution in [2.45, 2.75) is 5.75 Å². The summed E-state index contributed by atoms with van der Waals surface area (Å²) in [6.07, 6.45) is 0. The minimum atomic E-state index is -1.45. The summed E-state index contributed by atoms with van der Waals surface area (Å²) in [5.41, 5.74) is 6.55. The van der Waals surface area contributed by atoms with Gasteiger partial charge in [0.2, 0.25) is 0 Å². The van der Waals surface area contributed by atoms with Crippen LogP contribution in [0.1, 0.15) is 5.56 Å². The van der Waals surface area contributed by atoms with Crippen LogP contribution in [0.2, 0.25) is 0 Å². The molecule has 6 heteroatoms. The van der Waals surface area contributed by atoms with Crippen LogP contribution in [-0.4, -0.2) is 22.3 Å². The molecule has 0 aliphatic rings. The highest BCUT2D eigenvalue weighted by atomic mass is 32.2. The highest BCUT2D eigenvalue weighted by Crippen LogP contribution is 2.09. The first-order valence-electron chi connectivity index (χ1n) is 4.01. The molecule has 74 valence electrons. The van der Waals surface area contributed by atoms with Crippen molar-refractivity contribution in [3.63, 3.8) is 0 Å². The quantitative estimate of drug-likeness (QED) is 0.307. The SMILES string of the molecule is N=C(N)SCc1cccc(B(O)O)c1. The number of hydrogen-bond donors (Lipinski definition) is 4. The molecule has 1 aromatic rings. The molecule has 0 unspecified atom stereocenters. The van der Waals surface area contributed by atoms with Gasteiger partial charge in [-0.2, -0.15) is 0 Å². The van der Waals surface area contributed by atoms with E-state index in [1.807, 2.05) is 6.07 Å². The van der Waals surface area contributed by atoms with E-state index in [9.17, 15) is 0 Å². The fourth-order valence-electron chi connectivity index (χ4n) is 1.00. The van der Waals surface area contributed by atoms with Gasteiger partial charge in [0, 0.05) is 5.75 Å². The smallest absolute Gasteiger partial charge is 0.423 e. The normalized spacial score (nSPS) is 9.86. The van der Waals surface area contributed by atoms with Crippen molar-refractivity contribution >= 4 is 29.5 Å². The molecule has 0 atom stereocenters. The Balaban J connectivity index is 2.68. The average Bonchev–Trinajstić information content (AvgIpc) is 2.15. The molecule has 1 aromatic carbocycles. The van der Waals surface area contributed by atoms with Crippen molar-refractivity contribution in [2.24, 2.45) is 5.73 Å². The number of hydrogen-bond acceptors (Lipinski definition) is 4. The summed E-state index contributed by atoms with van der Waals surface area (Å²) in [6, 6.07) is 6.90. The molecule has 0 aromatic heterocycles. The molecule has 5 N–H and O–H groups in total. The number of benzene rings is 1. The van der Waals surface area contributed by atoms with Crippen LogP contribution < -0.4 is 11.2 Å². The summed E-state index contributed by atoms with van der Waals surface area (Å²) in [4.78, 5) is 0. The zero-order valence-electron chi connectivity index (χ0n) is 7.47. The summed E-state index contributed by atoms with van der Waals surface area (Å²) in [7, 11) is -1.45. The van der Waals surface area contributed by atoms with E-state index in [2.05, 4.69) is 0 Å². The van der Waals surface area contributed by atoms with Gasteiger partial charge < -0.3 is 15.8 Å². The van der Waals surface area contributed by atoms with Crippen LogP contribution in [-0.2, 0) is 5.75 Å². The minimum absolute atomic E-state index is 0.0555. The van der Waals surface area contributed by atoms with Gasteiger partial charge in [0.05, 0.1) is 0 Å². The van der Waals surface area contributed by atoms with Crippen molar-refractivity contribution in [2.75, 3.05) is 0 Å². The van der Waals surface area contributed by atoms with E-state index in [-0.39, 0.29) is 5.17 Å². The molecule has 0 saturated heterocycles. The lowest BCUT2D eigenvalue weighted by Crippen LogP contribution is -2.29. The average molecular weight is 210 g/mol. The van der Waals surface area contributed by atoms with E-state index in [0.717, 1.165) is 5.56 Å². The molecule has 14 heavy (non-hydrogen) atoms. The Morgan fingerprint density at radius 1 is 1.50 bits per heavy atom. The second kappa shape index (κ2) is 5.04. The number of nitrogens with one attached hydrogen (secondary N) is 1. The van der Waals surface area contributed by atoms with E-state index in [0.29, 0.717) is 11.2 Å². The number of nitrogens with two attached hydrogens (primary N) is 1. The van der Waals surface area contributed by atoms with E-state index >= 15 is 0 Å². The fraction of sp³-hybridized carbons (Fsp3) is 0.125. The maximum absolute atomic E-state index is 8.91. The summed E-state index contributed by atoms with van der Waals surface area (Å²) < 4.78 is 0. The minimum Gasteiger partial charge on any atom is -0.423 e. The van der Waals surface area contributed by atoms with Crippen molar-refractivity contribution in [3.05, 3.63) is 29.8 Å². The van der Waals surface area contributed by atoms with Gasteiger partial charge in [-0.25, -0.2) is 0 Å². The molecule has 0 bridgehead atoms. The standard InChI is InChI=1S/C8H11BN2O2S/c10-8(11)14-5-6-2-1-3-7(4-6)9(12)13/h1-4,12-13H,5H2,(H3,10,11). The Labute approximate surface area is 86.8 Å². The summed E-state index contributed by atoms with van der Waals surface area (Å²) in [6.45, 7) is 0. The van der Waals surface area contributed by atoms with Crippen LogP contribution in [0.25, 0.3) is 0 Å². The first kappa shape index (κ1) is 11.1. The summed E-state index contributed by atoms with van der Waals surface area (Å²) >= 11 is 1.20. The molecule has 4 nitrogen and oxygen atoms in total. The molecule has 0 heterocycles. The Morgan fingerprint density at radius 2 is 2.21 bits per heavy atom. The van der Waals surface area contributed by atoms with Crippen molar-refractivity contribution < 1.29 is 10.0 Å². The molecule has 0 spiro atoms. The third kappa shape index (κ3) is 3.41. The molecular weight excluding hydrogens is 199 g/mol. The maximum atomic E-state index is 8.91. The summed E-state index contributed by atoms with van der Waals surface area (Å²) in [5.74, 6) is 0.565.